The molecule has 1 fully saturated rings. The van der Waals surface area contributed by atoms with E-state index in [1.54, 1.807) is 11.0 Å². The molecular formula is C21H22N2O4S3. The highest BCUT2D eigenvalue weighted by Gasteiger charge is 2.29. The number of anilines is 1. The SMILES string of the molecule is CCN1C(=O)\C(=C/C=C/C=C2\C=CN(CCCS(=O)(=O)O)c3ccccc32)SC1=S. The van der Waals surface area contributed by atoms with Crippen LogP contribution in [-0.2, 0) is 14.9 Å². The molecule has 2 heterocycles. The topological polar surface area (TPSA) is 77.9 Å². The molecule has 3 rings (SSSR count). The fourth-order valence-electron chi connectivity index (χ4n) is 3.16. The third-order valence-corrected chi connectivity index (χ3v) is 6.78. The molecular weight excluding hydrogens is 440 g/mol. The highest BCUT2D eigenvalue weighted by atomic mass is 32.2. The Morgan fingerprint density at radius 2 is 1.93 bits per heavy atom. The van der Waals surface area contributed by atoms with Crippen LogP contribution in [-0.4, -0.2) is 46.9 Å². The number of hydrogen-bond acceptors (Lipinski definition) is 6. The summed E-state index contributed by atoms with van der Waals surface area (Å²) in [5.74, 6) is -0.330. The fraction of sp³-hybridized carbons (Fsp3) is 0.238. The molecule has 2 aliphatic heterocycles. The Hall–Kier alpha value is -2.20. The van der Waals surface area contributed by atoms with Gasteiger partial charge in [-0.25, -0.2) is 0 Å². The Kier molecular flexibility index (Phi) is 7.30. The van der Waals surface area contributed by atoms with Crippen molar-refractivity contribution < 1.29 is 17.8 Å². The average molecular weight is 463 g/mol. The standard InChI is InChI=1S/C21H22N2O4S3/c1-2-23-20(24)19(29-21(23)28)11-6-3-8-16-12-14-22(13-7-15-30(25,26)27)18-10-5-4-9-17(16)18/h3-6,8-12,14H,2,7,13,15H2,1H3,(H,25,26,27)/b6-3+,16-8+,19-11+. The Morgan fingerprint density at radius 3 is 2.63 bits per heavy atom. The number of thiocarbonyl (C=S) groups is 1. The van der Waals surface area contributed by atoms with Crippen molar-refractivity contribution in [2.45, 2.75) is 13.3 Å². The number of fused-ring (bicyclic) bond motifs is 1. The van der Waals surface area contributed by atoms with Gasteiger partial charge in [0.2, 0.25) is 0 Å². The molecule has 0 unspecified atom stereocenters. The zero-order valence-corrected chi connectivity index (χ0v) is 18.8. The molecule has 1 aromatic carbocycles. The molecule has 1 amide bonds. The smallest absolute Gasteiger partial charge is 0.266 e. The lowest BCUT2D eigenvalue weighted by Crippen LogP contribution is -2.27. The van der Waals surface area contributed by atoms with Crippen molar-refractivity contribution in [1.29, 1.82) is 0 Å². The average Bonchev–Trinajstić information content (AvgIpc) is 2.98. The number of hydrogen-bond donors (Lipinski definition) is 1. The molecule has 0 aliphatic carbocycles. The summed E-state index contributed by atoms with van der Waals surface area (Å²) in [6, 6.07) is 7.85. The molecule has 158 valence electrons. The normalized spacial score (nSPS) is 19.5. The first-order chi connectivity index (χ1) is 14.3. The molecule has 0 atom stereocenters. The number of amides is 1. The van der Waals surface area contributed by atoms with Gasteiger partial charge in [0, 0.05) is 30.5 Å². The fourth-order valence-corrected chi connectivity index (χ4v) is 4.98. The number of nitrogens with zero attached hydrogens (tertiary/aromatic N) is 2. The first kappa shape index (κ1) is 22.5. The minimum absolute atomic E-state index is 0.0618. The lowest BCUT2D eigenvalue weighted by atomic mass is 9.99. The number of thioether (sulfide) groups is 1. The van der Waals surface area contributed by atoms with Crippen molar-refractivity contribution in [2.75, 3.05) is 23.7 Å². The number of para-hydroxylation sites is 1. The molecule has 1 aromatic rings. The number of carbonyl (C=O) groups is 1. The van der Waals surface area contributed by atoms with Crippen LogP contribution in [0.1, 0.15) is 18.9 Å². The van der Waals surface area contributed by atoms with E-state index in [2.05, 4.69) is 0 Å². The molecule has 30 heavy (non-hydrogen) atoms. The van der Waals surface area contributed by atoms with Gasteiger partial charge in [-0.05, 0) is 37.1 Å². The van der Waals surface area contributed by atoms with Crippen LogP contribution in [0.3, 0.4) is 0 Å². The summed E-state index contributed by atoms with van der Waals surface area (Å²) >= 11 is 6.52. The Morgan fingerprint density at radius 1 is 1.20 bits per heavy atom. The van der Waals surface area contributed by atoms with Crippen molar-refractivity contribution in [3.63, 3.8) is 0 Å². The summed E-state index contributed by atoms with van der Waals surface area (Å²) in [4.78, 5) is 16.4. The van der Waals surface area contributed by atoms with Gasteiger partial charge in [0.25, 0.3) is 16.0 Å². The maximum absolute atomic E-state index is 12.2. The molecule has 0 aromatic heterocycles. The van der Waals surface area contributed by atoms with Crippen LogP contribution in [0.25, 0.3) is 5.57 Å². The van der Waals surface area contributed by atoms with Gasteiger partial charge < -0.3 is 4.90 Å². The maximum Gasteiger partial charge on any atom is 0.266 e. The Bertz CT molecular complexity index is 1070. The zero-order valence-electron chi connectivity index (χ0n) is 16.4. The molecule has 2 aliphatic rings. The third kappa shape index (κ3) is 5.48. The van der Waals surface area contributed by atoms with E-state index in [0.29, 0.717) is 28.7 Å². The van der Waals surface area contributed by atoms with Gasteiger partial charge in [-0.1, -0.05) is 60.4 Å². The van der Waals surface area contributed by atoms with E-state index in [1.807, 2.05) is 66.6 Å². The minimum Gasteiger partial charge on any atom is -0.347 e. The van der Waals surface area contributed by atoms with Gasteiger partial charge in [0.05, 0.1) is 10.7 Å². The van der Waals surface area contributed by atoms with Gasteiger partial charge in [-0.2, -0.15) is 8.42 Å². The minimum atomic E-state index is -3.96. The molecule has 9 heteroatoms. The quantitative estimate of drug-likeness (QED) is 0.373. The second-order valence-electron chi connectivity index (χ2n) is 6.62. The van der Waals surface area contributed by atoms with E-state index >= 15 is 0 Å². The van der Waals surface area contributed by atoms with Crippen LogP contribution in [0.2, 0.25) is 0 Å². The van der Waals surface area contributed by atoms with Crippen molar-refractivity contribution in [1.82, 2.24) is 4.90 Å². The van der Waals surface area contributed by atoms with Crippen molar-refractivity contribution in [3.05, 3.63) is 71.3 Å². The van der Waals surface area contributed by atoms with Crippen molar-refractivity contribution in [3.8, 4) is 0 Å². The van der Waals surface area contributed by atoms with Gasteiger partial charge in [0.1, 0.15) is 4.32 Å². The highest BCUT2D eigenvalue weighted by molar-refractivity contribution is 8.26. The summed E-state index contributed by atoms with van der Waals surface area (Å²) in [5.41, 5.74) is 3.00. The van der Waals surface area contributed by atoms with E-state index in [0.717, 1.165) is 16.8 Å². The van der Waals surface area contributed by atoms with Crippen molar-refractivity contribution >= 4 is 55.6 Å². The number of carbonyl (C=O) groups excluding carboxylic acids is 1. The number of rotatable bonds is 7. The molecule has 6 nitrogen and oxygen atoms in total. The summed E-state index contributed by atoms with van der Waals surface area (Å²) in [5, 5.41) is 0. The number of benzene rings is 1. The number of likely N-dealkylation sites (N-methyl/N-ethyl adjacent to an activating group) is 1. The molecule has 0 radical (unpaired) electrons. The lowest BCUT2D eigenvalue weighted by molar-refractivity contribution is -0.122. The summed E-state index contributed by atoms with van der Waals surface area (Å²) in [6.07, 6.45) is 11.6. The second kappa shape index (κ2) is 9.74. The van der Waals surface area contributed by atoms with Gasteiger partial charge in [-0.15, -0.1) is 0 Å². The Labute approximate surface area is 186 Å². The van der Waals surface area contributed by atoms with E-state index < -0.39 is 10.1 Å². The molecule has 0 bridgehead atoms. The second-order valence-corrected chi connectivity index (χ2v) is 9.87. The summed E-state index contributed by atoms with van der Waals surface area (Å²) < 4.78 is 31.4. The summed E-state index contributed by atoms with van der Waals surface area (Å²) in [6.45, 7) is 2.95. The first-order valence-electron chi connectivity index (χ1n) is 9.42. The molecule has 1 saturated heterocycles. The lowest BCUT2D eigenvalue weighted by Gasteiger charge is -2.27. The molecule has 0 spiro atoms. The van der Waals surface area contributed by atoms with Crippen LogP contribution < -0.4 is 4.90 Å². The highest BCUT2D eigenvalue weighted by Crippen LogP contribution is 2.33. The maximum atomic E-state index is 12.2. The van der Waals surface area contributed by atoms with Crippen molar-refractivity contribution in [2.24, 2.45) is 0 Å². The molecule has 0 saturated carbocycles. The molecule has 1 N–H and O–H groups in total. The van der Waals surface area contributed by atoms with Gasteiger partial charge >= 0.3 is 0 Å². The van der Waals surface area contributed by atoms with E-state index in [-0.39, 0.29) is 11.7 Å². The third-order valence-electron chi connectivity index (χ3n) is 4.58. The zero-order chi connectivity index (χ0) is 21.7. The van der Waals surface area contributed by atoms with Crippen LogP contribution in [0, 0.1) is 0 Å². The van der Waals surface area contributed by atoms with E-state index in [1.165, 1.54) is 11.8 Å². The van der Waals surface area contributed by atoms with Crippen LogP contribution >= 0.6 is 24.0 Å². The largest absolute Gasteiger partial charge is 0.347 e. The van der Waals surface area contributed by atoms with Gasteiger partial charge in [-0.3, -0.25) is 14.2 Å². The summed E-state index contributed by atoms with van der Waals surface area (Å²) in [7, 11) is -3.96. The predicted octanol–water partition coefficient (Wildman–Crippen LogP) is 4.00. The van der Waals surface area contributed by atoms with Crippen LogP contribution in [0.15, 0.2) is 65.8 Å². The van der Waals surface area contributed by atoms with Gasteiger partial charge in [0.15, 0.2) is 0 Å². The van der Waals surface area contributed by atoms with E-state index in [9.17, 15) is 13.2 Å². The van der Waals surface area contributed by atoms with Crippen LogP contribution in [0.5, 0.6) is 0 Å². The predicted molar refractivity (Wildman–Crippen MR) is 127 cm³/mol. The first-order valence-corrected chi connectivity index (χ1v) is 12.3. The number of allylic oxidation sites excluding steroid dienone is 6. The Balaban J connectivity index is 1.73. The van der Waals surface area contributed by atoms with E-state index in [4.69, 9.17) is 16.8 Å². The van der Waals surface area contributed by atoms with Crippen LogP contribution in [0.4, 0.5) is 5.69 Å². The monoisotopic (exact) mass is 462 g/mol.